The Morgan fingerprint density at radius 2 is 1.31 bits per heavy atom. The van der Waals surface area contributed by atoms with Crippen LogP contribution < -0.4 is 0 Å². The Balaban J connectivity index is 3.15. The molecule has 0 N–H and O–H groups in total. The van der Waals surface area contributed by atoms with Gasteiger partial charge < -0.3 is 9.80 Å². The molecule has 0 aliphatic rings. The fourth-order valence-corrected chi connectivity index (χ4v) is 1.42. The lowest BCUT2D eigenvalue weighted by Gasteiger charge is -2.17. The highest BCUT2D eigenvalue weighted by atomic mass is 15.1. The molecule has 0 amide bonds. The summed E-state index contributed by atoms with van der Waals surface area (Å²) in [6.07, 6.45) is 3.94. The van der Waals surface area contributed by atoms with Gasteiger partial charge in [-0.2, -0.15) is 0 Å². The van der Waals surface area contributed by atoms with Crippen LogP contribution in [0.4, 0.5) is 0 Å². The van der Waals surface area contributed by atoms with E-state index < -0.39 is 0 Å². The maximum absolute atomic E-state index is 2.42. The van der Waals surface area contributed by atoms with Gasteiger partial charge in [-0.3, -0.25) is 0 Å². The highest BCUT2D eigenvalue weighted by Gasteiger charge is 1.97. The topological polar surface area (TPSA) is 6.48 Å². The molecular weight excluding hydrogens is 160 g/mol. The smallest absolute Gasteiger partial charge is 0.00213 e. The molecular formula is C11H26N2. The molecule has 0 unspecified atom stereocenters. The third-order valence-corrected chi connectivity index (χ3v) is 2.47. The average Bonchev–Trinajstić information content (AvgIpc) is 2.12. The van der Waals surface area contributed by atoms with Crippen LogP contribution in [0.15, 0.2) is 0 Å². The molecule has 13 heavy (non-hydrogen) atoms. The Kier molecular flexibility index (Phi) is 8.46. The van der Waals surface area contributed by atoms with Crippen molar-refractivity contribution in [1.29, 1.82) is 0 Å². The first-order valence-corrected chi connectivity index (χ1v) is 5.57. The van der Waals surface area contributed by atoms with E-state index in [1.807, 2.05) is 0 Å². The summed E-state index contributed by atoms with van der Waals surface area (Å²) in [5.41, 5.74) is 0. The monoisotopic (exact) mass is 186 g/mol. The zero-order valence-electron chi connectivity index (χ0n) is 9.84. The quantitative estimate of drug-likeness (QED) is 0.535. The molecule has 0 atom stereocenters. The van der Waals surface area contributed by atoms with E-state index in [2.05, 4.69) is 37.7 Å². The summed E-state index contributed by atoms with van der Waals surface area (Å²) in [6.45, 7) is 9.36. The van der Waals surface area contributed by atoms with Crippen molar-refractivity contribution in [2.24, 2.45) is 0 Å². The second-order valence-electron chi connectivity index (χ2n) is 3.91. The number of rotatable bonds is 8. The number of nitrogens with zero attached hydrogens (tertiary/aromatic N) is 2. The molecule has 0 heterocycles. The summed E-state index contributed by atoms with van der Waals surface area (Å²) in [5.74, 6) is 0. The third kappa shape index (κ3) is 8.26. The number of unbranched alkanes of at least 4 members (excludes halogenated alkanes) is 1. The van der Waals surface area contributed by atoms with Crippen LogP contribution in [0.3, 0.4) is 0 Å². The fraction of sp³-hybridized carbons (Fsp3) is 1.00. The van der Waals surface area contributed by atoms with Gasteiger partial charge in [-0.25, -0.2) is 0 Å². The van der Waals surface area contributed by atoms with Crippen LogP contribution in [0.2, 0.25) is 0 Å². The van der Waals surface area contributed by atoms with Crippen molar-refractivity contribution >= 4 is 0 Å². The van der Waals surface area contributed by atoms with Crippen molar-refractivity contribution in [3.63, 3.8) is 0 Å². The molecule has 0 aromatic heterocycles. The van der Waals surface area contributed by atoms with Crippen LogP contribution in [0.5, 0.6) is 0 Å². The Morgan fingerprint density at radius 1 is 0.769 bits per heavy atom. The molecule has 0 aromatic rings. The summed E-state index contributed by atoms with van der Waals surface area (Å²) in [5, 5.41) is 0. The molecule has 0 rings (SSSR count). The van der Waals surface area contributed by atoms with Gasteiger partial charge in [-0.15, -0.1) is 0 Å². The first-order valence-electron chi connectivity index (χ1n) is 5.57. The fourth-order valence-electron chi connectivity index (χ4n) is 1.42. The van der Waals surface area contributed by atoms with Crippen molar-refractivity contribution in [2.45, 2.75) is 33.1 Å². The summed E-state index contributed by atoms with van der Waals surface area (Å²) in [7, 11) is 4.41. The molecule has 0 aliphatic carbocycles. The molecule has 0 aromatic carbocycles. The standard InChI is InChI=1S/C11H26N2/c1-5-9-13(4)11-8-7-10-12(3)6-2/h5-11H2,1-4H3. The van der Waals surface area contributed by atoms with Crippen LogP contribution in [-0.2, 0) is 0 Å². The van der Waals surface area contributed by atoms with Crippen LogP contribution in [0, 0.1) is 0 Å². The molecule has 0 bridgehead atoms. The Labute approximate surface area is 83.9 Å². The van der Waals surface area contributed by atoms with Crippen molar-refractivity contribution in [3.05, 3.63) is 0 Å². The first-order chi connectivity index (χ1) is 6.20. The molecule has 0 saturated carbocycles. The molecule has 0 spiro atoms. The van der Waals surface area contributed by atoms with E-state index in [1.165, 1.54) is 45.4 Å². The Hall–Kier alpha value is -0.0800. The van der Waals surface area contributed by atoms with E-state index >= 15 is 0 Å². The van der Waals surface area contributed by atoms with E-state index in [9.17, 15) is 0 Å². The maximum atomic E-state index is 2.42. The maximum Gasteiger partial charge on any atom is -0.00213 e. The first kappa shape index (κ1) is 12.9. The largest absolute Gasteiger partial charge is 0.307 e. The van der Waals surface area contributed by atoms with Crippen LogP contribution >= 0.6 is 0 Å². The van der Waals surface area contributed by atoms with Gasteiger partial charge in [0.05, 0.1) is 0 Å². The van der Waals surface area contributed by atoms with Gasteiger partial charge in [0.25, 0.3) is 0 Å². The molecule has 0 saturated heterocycles. The Morgan fingerprint density at radius 3 is 1.77 bits per heavy atom. The predicted octanol–water partition coefficient (Wildman–Crippen LogP) is 2.06. The van der Waals surface area contributed by atoms with E-state index in [4.69, 9.17) is 0 Å². The van der Waals surface area contributed by atoms with Gasteiger partial charge >= 0.3 is 0 Å². The predicted molar refractivity (Wildman–Crippen MR) is 60.2 cm³/mol. The summed E-state index contributed by atoms with van der Waals surface area (Å²) in [4.78, 5) is 4.80. The molecule has 2 nitrogen and oxygen atoms in total. The lowest BCUT2D eigenvalue weighted by molar-refractivity contribution is 0.300. The zero-order chi connectivity index (χ0) is 10.1. The summed E-state index contributed by atoms with van der Waals surface area (Å²) in [6, 6.07) is 0. The van der Waals surface area contributed by atoms with E-state index in [0.717, 1.165) is 0 Å². The van der Waals surface area contributed by atoms with Gasteiger partial charge in [0, 0.05) is 0 Å². The van der Waals surface area contributed by atoms with Crippen LogP contribution in [-0.4, -0.2) is 50.1 Å². The SMILES string of the molecule is CCCN(C)CCCCN(C)CC. The van der Waals surface area contributed by atoms with Gasteiger partial charge in [-0.1, -0.05) is 13.8 Å². The second-order valence-corrected chi connectivity index (χ2v) is 3.91. The minimum absolute atomic E-state index is 1.17. The van der Waals surface area contributed by atoms with Crippen molar-refractivity contribution < 1.29 is 0 Å². The molecule has 0 radical (unpaired) electrons. The van der Waals surface area contributed by atoms with Gasteiger partial charge in [0.15, 0.2) is 0 Å². The molecule has 0 aliphatic heterocycles. The van der Waals surface area contributed by atoms with Gasteiger partial charge in [0.1, 0.15) is 0 Å². The lowest BCUT2D eigenvalue weighted by Crippen LogP contribution is -2.23. The second kappa shape index (κ2) is 8.52. The molecule has 80 valence electrons. The minimum Gasteiger partial charge on any atom is -0.307 e. The highest BCUT2D eigenvalue weighted by molar-refractivity contribution is 4.53. The number of hydrogen-bond donors (Lipinski definition) is 0. The van der Waals surface area contributed by atoms with Crippen molar-refractivity contribution in [2.75, 3.05) is 40.3 Å². The molecule has 0 fully saturated rings. The Bertz CT molecular complexity index is 104. The van der Waals surface area contributed by atoms with Crippen LogP contribution in [0.25, 0.3) is 0 Å². The zero-order valence-corrected chi connectivity index (χ0v) is 9.84. The van der Waals surface area contributed by atoms with Gasteiger partial charge in [0.2, 0.25) is 0 Å². The summed E-state index contributed by atoms with van der Waals surface area (Å²) < 4.78 is 0. The van der Waals surface area contributed by atoms with Crippen molar-refractivity contribution in [3.8, 4) is 0 Å². The lowest BCUT2D eigenvalue weighted by atomic mass is 10.2. The minimum atomic E-state index is 1.17. The normalized spacial score (nSPS) is 11.5. The van der Waals surface area contributed by atoms with E-state index in [1.54, 1.807) is 0 Å². The third-order valence-electron chi connectivity index (χ3n) is 2.47. The van der Waals surface area contributed by atoms with Gasteiger partial charge in [-0.05, 0) is 59.5 Å². The van der Waals surface area contributed by atoms with Crippen LogP contribution in [0.1, 0.15) is 33.1 Å². The highest BCUT2D eigenvalue weighted by Crippen LogP contribution is 1.95. The average molecular weight is 186 g/mol. The van der Waals surface area contributed by atoms with E-state index in [0.29, 0.717) is 0 Å². The summed E-state index contributed by atoms with van der Waals surface area (Å²) >= 11 is 0. The van der Waals surface area contributed by atoms with Crippen molar-refractivity contribution in [1.82, 2.24) is 9.80 Å². The van der Waals surface area contributed by atoms with E-state index in [-0.39, 0.29) is 0 Å². The number of hydrogen-bond acceptors (Lipinski definition) is 2. The molecule has 2 heteroatoms.